The fraction of sp³-hybridized carbons (Fsp3) is 0.480. The van der Waals surface area contributed by atoms with Crippen LogP contribution in [0.4, 0.5) is 0 Å². The van der Waals surface area contributed by atoms with Crippen LogP contribution in [0.15, 0.2) is 78.3 Å². The Labute approximate surface area is 429 Å². The zero-order chi connectivity index (χ0) is 53.7. The van der Waals surface area contributed by atoms with Crippen LogP contribution in [0.3, 0.4) is 0 Å². The van der Waals surface area contributed by atoms with E-state index in [0.717, 1.165) is 10.9 Å². The monoisotopic (exact) mass is 1020 g/mol. The number of nitrogens with two attached hydrogens (primary N) is 5. The van der Waals surface area contributed by atoms with Gasteiger partial charge in [0.1, 0.15) is 36.3 Å². The number of guanidine groups is 1. The highest BCUT2D eigenvalue weighted by atomic mass is 16.2. The summed E-state index contributed by atoms with van der Waals surface area (Å²) in [5, 5.41) is 17.1. The number of carbonyl (C=O) groups excluding carboxylic acids is 8. The quantitative estimate of drug-likeness (QED) is 0.0161. The maximum atomic E-state index is 14.5. The minimum Gasteiger partial charge on any atom is -0.370 e. The Hall–Kier alpha value is -7.86. The number of fused-ring (bicyclic) bond motifs is 1. The molecule has 400 valence electrons. The SMILES string of the molecule is CC(C)[C@@H](NC(=O)C1CCCN1C(=O)C(CCCCN)NC(=O)CNC(=O)C(Cc1c[nH]c2ccccc12)NC(=O)C(CCCN=C(N)N)NC(=O)C(Cc1ccccc1)NC(=O)C(N)Cc1cnc[nH]1)C(N)=O. The molecular weight excluding hydrogens is 953 g/mol. The summed E-state index contributed by atoms with van der Waals surface area (Å²) in [5.41, 5.74) is 31.4. The van der Waals surface area contributed by atoms with Gasteiger partial charge in [-0.1, -0.05) is 62.4 Å². The van der Waals surface area contributed by atoms with Crippen molar-refractivity contribution in [2.75, 3.05) is 26.2 Å². The Morgan fingerprint density at radius 2 is 1.43 bits per heavy atom. The van der Waals surface area contributed by atoms with Crippen LogP contribution in [-0.2, 0) is 57.6 Å². The van der Waals surface area contributed by atoms with Gasteiger partial charge in [-0.25, -0.2) is 4.98 Å². The first-order chi connectivity index (χ1) is 35.4. The number of likely N-dealkylation sites (tertiary alicyclic amines) is 1. The van der Waals surface area contributed by atoms with Crippen LogP contribution in [0.5, 0.6) is 0 Å². The molecule has 74 heavy (non-hydrogen) atoms. The summed E-state index contributed by atoms with van der Waals surface area (Å²) >= 11 is 0. The lowest BCUT2D eigenvalue weighted by Gasteiger charge is -2.30. The lowest BCUT2D eigenvalue weighted by Crippen LogP contribution is -2.59. The topological polar surface area (TPSA) is 399 Å². The van der Waals surface area contributed by atoms with Crippen molar-refractivity contribution in [3.8, 4) is 0 Å². The minimum atomic E-state index is -1.33. The van der Waals surface area contributed by atoms with Gasteiger partial charge in [0.15, 0.2) is 5.96 Å². The molecule has 2 aromatic heterocycles. The summed E-state index contributed by atoms with van der Waals surface area (Å²) in [6.07, 6.45) is 6.99. The number of hydrogen-bond acceptors (Lipinski definition) is 12. The highest BCUT2D eigenvalue weighted by molar-refractivity contribution is 5.98. The van der Waals surface area contributed by atoms with Crippen LogP contribution < -0.4 is 60.6 Å². The summed E-state index contributed by atoms with van der Waals surface area (Å²) in [4.78, 5) is 125. The molecule has 6 unspecified atom stereocenters. The van der Waals surface area contributed by atoms with Crippen molar-refractivity contribution in [3.05, 3.63) is 90.1 Å². The number of unbranched alkanes of at least 4 members (excludes halogenated alkanes) is 1. The Morgan fingerprint density at radius 3 is 2.12 bits per heavy atom. The molecule has 5 rings (SSSR count). The van der Waals surface area contributed by atoms with E-state index in [1.165, 1.54) is 17.4 Å². The van der Waals surface area contributed by atoms with Gasteiger partial charge < -0.3 is 75.4 Å². The first kappa shape index (κ1) is 57.0. The van der Waals surface area contributed by atoms with E-state index >= 15 is 0 Å². The zero-order valence-corrected chi connectivity index (χ0v) is 41.9. The van der Waals surface area contributed by atoms with Gasteiger partial charge in [-0.15, -0.1) is 0 Å². The van der Waals surface area contributed by atoms with Crippen molar-refractivity contribution in [3.63, 3.8) is 0 Å². The highest BCUT2D eigenvalue weighted by Crippen LogP contribution is 2.22. The molecule has 24 heteroatoms. The number of hydrogen-bond donors (Lipinski definition) is 13. The lowest BCUT2D eigenvalue weighted by molar-refractivity contribution is -0.142. The Bertz CT molecular complexity index is 2550. The number of amides is 8. The van der Waals surface area contributed by atoms with Crippen LogP contribution in [-0.4, -0.2) is 142 Å². The third-order valence-electron chi connectivity index (χ3n) is 12.7. The molecule has 0 aliphatic carbocycles. The number of benzene rings is 2. The summed E-state index contributed by atoms with van der Waals surface area (Å²) in [5.74, 6) is -5.83. The molecule has 3 heterocycles. The number of para-hydroxylation sites is 1. The molecule has 8 amide bonds. The van der Waals surface area contributed by atoms with Gasteiger partial charge in [0.25, 0.3) is 0 Å². The van der Waals surface area contributed by atoms with Gasteiger partial charge in [-0.05, 0) is 74.6 Å². The van der Waals surface area contributed by atoms with E-state index in [1.54, 1.807) is 50.4 Å². The van der Waals surface area contributed by atoms with Crippen molar-refractivity contribution >= 4 is 64.1 Å². The molecule has 2 aromatic carbocycles. The number of nitrogens with one attached hydrogen (secondary N) is 8. The second-order valence-electron chi connectivity index (χ2n) is 18.7. The van der Waals surface area contributed by atoms with E-state index in [9.17, 15) is 38.4 Å². The highest BCUT2D eigenvalue weighted by Gasteiger charge is 2.39. The molecule has 1 fully saturated rings. The number of imidazole rings is 1. The molecule has 1 aliphatic rings. The third-order valence-corrected chi connectivity index (χ3v) is 12.7. The predicted octanol–water partition coefficient (Wildman–Crippen LogP) is -1.90. The molecule has 1 aliphatic heterocycles. The number of nitrogens with zero attached hydrogens (tertiary/aromatic N) is 3. The fourth-order valence-electron chi connectivity index (χ4n) is 8.72. The molecule has 0 radical (unpaired) electrons. The van der Waals surface area contributed by atoms with Crippen LogP contribution in [0, 0.1) is 5.92 Å². The second kappa shape index (κ2) is 28.4. The summed E-state index contributed by atoms with van der Waals surface area (Å²) in [7, 11) is 0. The molecule has 24 nitrogen and oxygen atoms in total. The van der Waals surface area contributed by atoms with Gasteiger partial charge >= 0.3 is 0 Å². The van der Waals surface area contributed by atoms with Gasteiger partial charge in [0.2, 0.25) is 47.3 Å². The third kappa shape index (κ3) is 17.1. The fourth-order valence-corrected chi connectivity index (χ4v) is 8.72. The molecule has 0 saturated carbocycles. The number of aliphatic imine (C=N–C) groups is 1. The van der Waals surface area contributed by atoms with Crippen LogP contribution >= 0.6 is 0 Å². The second-order valence-corrected chi connectivity index (χ2v) is 18.7. The summed E-state index contributed by atoms with van der Waals surface area (Å²) < 4.78 is 0. The number of rotatable bonds is 29. The summed E-state index contributed by atoms with van der Waals surface area (Å²) in [6.45, 7) is 3.52. The lowest BCUT2D eigenvalue weighted by atomic mass is 10.0. The number of carbonyl (C=O) groups is 8. The predicted molar refractivity (Wildman–Crippen MR) is 277 cm³/mol. The van der Waals surface area contributed by atoms with Gasteiger partial charge in [0, 0.05) is 61.3 Å². The molecular formula is C50H72N16O8. The van der Waals surface area contributed by atoms with E-state index in [1.807, 2.05) is 24.3 Å². The Balaban J connectivity index is 1.35. The van der Waals surface area contributed by atoms with Gasteiger partial charge in [-0.2, -0.15) is 0 Å². The maximum Gasteiger partial charge on any atom is 0.245 e. The van der Waals surface area contributed by atoms with Crippen molar-refractivity contribution in [2.45, 2.75) is 120 Å². The van der Waals surface area contributed by atoms with Crippen LogP contribution in [0.25, 0.3) is 10.9 Å². The Kier molecular flexibility index (Phi) is 21.9. The van der Waals surface area contributed by atoms with E-state index in [-0.39, 0.29) is 63.5 Å². The minimum absolute atomic E-state index is 0.00785. The van der Waals surface area contributed by atoms with Crippen molar-refractivity contribution in [1.29, 1.82) is 0 Å². The maximum absolute atomic E-state index is 14.5. The van der Waals surface area contributed by atoms with Gasteiger partial charge in [-0.3, -0.25) is 43.3 Å². The molecule has 0 bridgehead atoms. The number of primary amides is 1. The first-order valence-electron chi connectivity index (χ1n) is 24.9. The van der Waals surface area contributed by atoms with Crippen LogP contribution in [0.2, 0.25) is 0 Å². The molecule has 1 saturated heterocycles. The average molecular weight is 1030 g/mol. The number of aromatic nitrogens is 3. The van der Waals surface area contributed by atoms with Gasteiger partial charge in [0.05, 0.1) is 18.9 Å². The smallest absolute Gasteiger partial charge is 0.245 e. The van der Waals surface area contributed by atoms with E-state index in [4.69, 9.17) is 28.7 Å². The average Bonchev–Trinajstić information content (AvgIpc) is 4.17. The number of aromatic amines is 2. The standard InChI is InChI=1S/C50H72N16O8/c1-29(2)42(43(53)68)65-48(73)40-18-11-21-66(40)49(74)37(16-8-9-19-51)61-41(67)27-59-45(70)39(23-31-25-58-35-15-7-6-14-33(31)35)64-46(71)36(17-10-20-57-50(54)55)62-47(72)38(22-30-12-4-3-5-13-30)63-44(69)34(52)24-32-26-56-28-60-32/h3-7,12-15,25-26,28-29,34,36-40,42,58H,8-11,16-24,27,51-52H2,1-2H3,(H2,53,68)(H,56,60)(H,59,70)(H,61,67)(H,62,72)(H,63,69)(H,64,71)(H,65,73)(H4,54,55,57)/t34?,36?,37?,38?,39?,40?,42-/m1/s1. The van der Waals surface area contributed by atoms with Crippen molar-refractivity contribution < 1.29 is 38.4 Å². The largest absolute Gasteiger partial charge is 0.370 e. The molecule has 18 N–H and O–H groups in total. The first-order valence-corrected chi connectivity index (χ1v) is 24.9. The van der Waals surface area contributed by atoms with E-state index < -0.39 is 96.1 Å². The molecule has 4 aromatic rings. The van der Waals surface area contributed by atoms with E-state index in [2.05, 4.69) is 51.8 Å². The zero-order valence-electron chi connectivity index (χ0n) is 41.9. The van der Waals surface area contributed by atoms with Crippen molar-refractivity contribution in [1.82, 2.24) is 51.8 Å². The van der Waals surface area contributed by atoms with E-state index in [0.29, 0.717) is 49.0 Å². The normalized spacial score (nSPS) is 15.7. The van der Waals surface area contributed by atoms with Crippen molar-refractivity contribution in [2.24, 2.45) is 39.6 Å². The molecule has 7 atom stereocenters. The van der Waals surface area contributed by atoms with Crippen LogP contribution in [0.1, 0.15) is 75.6 Å². The Morgan fingerprint density at radius 1 is 0.757 bits per heavy atom. The molecule has 0 spiro atoms. The summed E-state index contributed by atoms with van der Waals surface area (Å²) in [6, 6.07) is 8.45. The number of H-pyrrole nitrogens is 2.